The van der Waals surface area contributed by atoms with E-state index in [0.29, 0.717) is 0 Å². The van der Waals surface area contributed by atoms with Crippen LogP contribution in [-0.2, 0) is 0 Å². The van der Waals surface area contributed by atoms with Crippen molar-refractivity contribution in [3.8, 4) is 18.2 Å². The van der Waals surface area contributed by atoms with Gasteiger partial charge in [0, 0.05) is 0 Å². The standard InChI is InChI=1S/C10H12N4/c1-8(2)5-10(7-13)14-9(6-12)3-4-11/h5,9-10,14H,3H2,1-2H3. The number of hydrogen-bond donors (Lipinski definition) is 1. The number of nitrogens with one attached hydrogen (secondary N) is 1. The van der Waals surface area contributed by atoms with E-state index in [1.807, 2.05) is 32.1 Å². The van der Waals surface area contributed by atoms with Gasteiger partial charge in [-0.2, -0.15) is 15.8 Å². The molecule has 0 rings (SSSR count). The zero-order valence-corrected chi connectivity index (χ0v) is 8.28. The average molecular weight is 188 g/mol. The molecular formula is C10H12N4. The third-order valence-electron chi connectivity index (χ3n) is 1.47. The monoisotopic (exact) mass is 188 g/mol. The van der Waals surface area contributed by atoms with Crippen molar-refractivity contribution >= 4 is 0 Å². The molecule has 0 aliphatic carbocycles. The molecule has 0 aliphatic rings. The summed E-state index contributed by atoms with van der Waals surface area (Å²) in [5.74, 6) is 0. The molecule has 0 radical (unpaired) electrons. The molecule has 0 saturated heterocycles. The molecule has 0 fully saturated rings. The molecule has 0 saturated carbocycles. The summed E-state index contributed by atoms with van der Waals surface area (Å²) in [6.07, 6.45) is 1.81. The highest BCUT2D eigenvalue weighted by molar-refractivity contribution is 5.13. The van der Waals surface area contributed by atoms with E-state index in [1.165, 1.54) is 0 Å². The van der Waals surface area contributed by atoms with Crippen LogP contribution in [0, 0.1) is 34.0 Å². The molecular weight excluding hydrogens is 176 g/mol. The first-order valence-corrected chi connectivity index (χ1v) is 4.21. The van der Waals surface area contributed by atoms with Gasteiger partial charge in [-0.1, -0.05) is 11.6 Å². The summed E-state index contributed by atoms with van der Waals surface area (Å²) in [4.78, 5) is 0. The van der Waals surface area contributed by atoms with Crippen LogP contribution in [0.5, 0.6) is 0 Å². The fourth-order valence-electron chi connectivity index (χ4n) is 0.906. The van der Waals surface area contributed by atoms with Gasteiger partial charge in [-0.05, 0) is 13.8 Å². The lowest BCUT2D eigenvalue weighted by molar-refractivity contribution is 0.603. The van der Waals surface area contributed by atoms with Gasteiger partial charge in [-0.15, -0.1) is 0 Å². The van der Waals surface area contributed by atoms with Gasteiger partial charge >= 0.3 is 0 Å². The van der Waals surface area contributed by atoms with Crippen LogP contribution in [0.2, 0.25) is 0 Å². The molecule has 14 heavy (non-hydrogen) atoms. The van der Waals surface area contributed by atoms with Crippen LogP contribution in [0.1, 0.15) is 20.3 Å². The molecule has 2 atom stereocenters. The average Bonchev–Trinajstić information content (AvgIpc) is 2.15. The van der Waals surface area contributed by atoms with Gasteiger partial charge in [0.15, 0.2) is 0 Å². The molecule has 4 nitrogen and oxygen atoms in total. The number of nitriles is 3. The number of rotatable bonds is 4. The van der Waals surface area contributed by atoms with Crippen LogP contribution in [0.4, 0.5) is 0 Å². The zero-order chi connectivity index (χ0) is 11.0. The molecule has 0 heterocycles. The lowest BCUT2D eigenvalue weighted by atomic mass is 10.1. The lowest BCUT2D eigenvalue weighted by Gasteiger charge is -2.10. The van der Waals surface area contributed by atoms with Gasteiger partial charge in [-0.25, -0.2) is 0 Å². The molecule has 0 aromatic rings. The number of hydrogen-bond acceptors (Lipinski definition) is 4. The summed E-state index contributed by atoms with van der Waals surface area (Å²) in [5, 5.41) is 28.5. The largest absolute Gasteiger partial charge is 0.283 e. The van der Waals surface area contributed by atoms with Gasteiger partial charge in [0.25, 0.3) is 0 Å². The van der Waals surface area contributed by atoms with Crippen molar-refractivity contribution in [2.45, 2.75) is 32.4 Å². The smallest absolute Gasteiger partial charge is 0.115 e. The maximum absolute atomic E-state index is 8.74. The first-order chi connectivity index (χ1) is 6.63. The van der Waals surface area contributed by atoms with Crippen LogP contribution in [0.25, 0.3) is 0 Å². The molecule has 0 amide bonds. The Morgan fingerprint density at radius 1 is 1.29 bits per heavy atom. The topological polar surface area (TPSA) is 83.4 Å². The second kappa shape index (κ2) is 6.66. The molecule has 0 spiro atoms. The Labute approximate surface area is 84.1 Å². The Kier molecular flexibility index (Phi) is 5.79. The molecule has 2 unspecified atom stereocenters. The molecule has 72 valence electrons. The van der Waals surface area contributed by atoms with Crippen LogP contribution >= 0.6 is 0 Å². The summed E-state index contributed by atoms with van der Waals surface area (Å²) in [6.45, 7) is 3.75. The Hall–Kier alpha value is -1.83. The molecule has 0 aromatic heterocycles. The predicted octanol–water partition coefficient (Wildman–Crippen LogP) is 1.24. The first-order valence-electron chi connectivity index (χ1n) is 4.21. The molecule has 0 aromatic carbocycles. The summed E-state index contributed by atoms with van der Waals surface area (Å²) >= 11 is 0. The highest BCUT2D eigenvalue weighted by Gasteiger charge is 2.11. The maximum atomic E-state index is 8.74. The highest BCUT2D eigenvalue weighted by atomic mass is 14.9. The fraction of sp³-hybridized carbons (Fsp3) is 0.500. The third-order valence-corrected chi connectivity index (χ3v) is 1.47. The summed E-state index contributed by atoms with van der Waals surface area (Å²) in [6, 6.07) is 4.74. The van der Waals surface area contributed by atoms with E-state index < -0.39 is 12.1 Å². The quantitative estimate of drug-likeness (QED) is 0.673. The molecule has 0 aliphatic heterocycles. The van der Waals surface area contributed by atoms with Gasteiger partial charge in [0.2, 0.25) is 0 Å². The van der Waals surface area contributed by atoms with E-state index >= 15 is 0 Å². The van der Waals surface area contributed by atoms with E-state index in [0.717, 1.165) is 5.57 Å². The molecule has 1 N–H and O–H groups in total. The Bertz CT molecular complexity index is 320. The highest BCUT2D eigenvalue weighted by Crippen LogP contribution is 1.97. The SMILES string of the molecule is CC(C)=CC(C#N)NC(C#N)CC#N. The molecule has 0 bridgehead atoms. The number of nitrogens with zero attached hydrogens (tertiary/aromatic N) is 3. The van der Waals surface area contributed by atoms with E-state index in [4.69, 9.17) is 15.8 Å². The van der Waals surface area contributed by atoms with E-state index in [-0.39, 0.29) is 6.42 Å². The summed E-state index contributed by atoms with van der Waals surface area (Å²) in [5.41, 5.74) is 0.998. The van der Waals surface area contributed by atoms with Crippen molar-refractivity contribution in [1.82, 2.24) is 5.32 Å². The number of allylic oxidation sites excluding steroid dienone is 1. The Balaban J connectivity index is 4.34. The van der Waals surface area contributed by atoms with Crippen molar-refractivity contribution in [3.05, 3.63) is 11.6 Å². The van der Waals surface area contributed by atoms with Crippen molar-refractivity contribution in [1.29, 1.82) is 15.8 Å². The second-order valence-corrected chi connectivity index (χ2v) is 3.06. The van der Waals surface area contributed by atoms with E-state index in [2.05, 4.69) is 5.32 Å². The van der Waals surface area contributed by atoms with Crippen molar-refractivity contribution in [2.75, 3.05) is 0 Å². The Morgan fingerprint density at radius 2 is 1.93 bits per heavy atom. The summed E-state index contributed by atoms with van der Waals surface area (Å²) in [7, 11) is 0. The van der Waals surface area contributed by atoms with Crippen LogP contribution in [0.15, 0.2) is 11.6 Å². The van der Waals surface area contributed by atoms with Gasteiger partial charge in [0.1, 0.15) is 12.1 Å². The first kappa shape index (κ1) is 12.2. The van der Waals surface area contributed by atoms with Crippen molar-refractivity contribution in [2.24, 2.45) is 0 Å². The van der Waals surface area contributed by atoms with Gasteiger partial charge in [0.05, 0.1) is 24.6 Å². The fourth-order valence-corrected chi connectivity index (χ4v) is 0.906. The van der Waals surface area contributed by atoms with Crippen molar-refractivity contribution < 1.29 is 0 Å². The second-order valence-electron chi connectivity index (χ2n) is 3.06. The molecule has 4 heteroatoms. The Morgan fingerprint density at radius 3 is 2.29 bits per heavy atom. The van der Waals surface area contributed by atoms with Crippen LogP contribution in [-0.4, -0.2) is 12.1 Å². The zero-order valence-electron chi connectivity index (χ0n) is 8.28. The minimum atomic E-state index is -0.583. The van der Waals surface area contributed by atoms with Crippen molar-refractivity contribution in [3.63, 3.8) is 0 Å². The van der Waals surface area contributed by atoms with E-state index in [1.54, 1.807) is 6.08 Å². The lowest BCUT2D eigenvalue weighted by Crippen LogP contribution is -2.35. The predicted molar refractivity (Wildman–Crippen MR) is 51.6 cm³/mol. The van der Waals surface area contributed by atoms with Gasteiger partial charge in [-0.3, -0.25) is 5.32 Å². The normalized spacial score (nSPS) is 12.8. The van der Waals surface area contributed by atoms with Crippen LogP contribution < -0.4 is 5.32 Å². The van der Waals surface area contributed by atoms with Crippen LogP contribution in [0.3, 0.4) is 0 Å². The minimum absolute atomic E-state index is 0.0886. The van der Waals surface area contributed by atoms with E-state index in [9.17, 15) is 0 Å². The third kappa shape index (κ3) is 4.93. The summed E-state index contributed by atoms with van der Waals surface area (Å²) < 4.78 is 0. The minimum Gasteiger partial charge on any atom is -0.283 e. The van der Waals surface area contributed by atoms with Gasteiger partial charge < -0.3 is 0 Å². The maximum Gasteiger partial charge on any atom is 0.115 e.